The van der Waals surface area contributed by atoms with Crippen LogP contribution in [0.5, 0.6) is 5.75 Å². The average Bonchev–Trinajstić information content (AvgIpc) is 2.31. The Kier molecular flexibility index (Phi) is 3.40. The Labute approximate surface area is 106 Å². The Morgan fingerprint density at radius 2 is 2.00 bits per heavy atom. The topological polar surface area (TPSA) is 21.3 Å². The highest BCUT2D eigenvalue weighted by molar-refractivity contribution is 5.85. The van der Waals surface area contributed by atoms with Gasteiger partial charge in [0.25, 0.3) is 0 Å². The normalized spacial score (nSPS) is 20.3. The van der Waals surface area contributed by atoms with Crippen LogP contribution in [0, 0.1) is 5.82 Å². The maximum absolute atomic E-state index is 13.0. The third kappa shape index (κ3) is 2.31. The molecule has 2 aliphatic heterocycles. The van der Waals surface area contributed by atoms with Crippen molar-refractivity contribution in [2.24, 2.45) is 0 Å². The monoisotopic (exact) mass is 255 g/mol. The first-order valence-electron chi connectivity index (χ1n) is 5.66. The van der Waals surface area contributed by atoms with Gasteiger partial charge in [-0.25, -0.2) is 4.39 Å². The quantitative estimate of drug-likeness (QED) is 0.770. The van der Waals surface area contributed by atoms with Gasteiger partial charge in [-0.1, -0.05) is 6.08 Å². The van der Waals surface area contributed by atoms with Gasteiger partial charge in [-0.15, -0.1) is 12.4 Å². The smallest absolute Gasteiger partial charge is 0.130 e. The minimum atomic E-state index is -0.215. The number of hydrogen-bond donors (Lipinski definition) is 1. The second kappa shape index (κ2) is 4.67. The molecular weight excluding hydrogens is 241 g/mol. The Hall–Kier alpha value is -1.06. The van der Waals surface area contributed by atoms with Gasteiger partial charge in [-0.2, -0.15) is 0 Å². The molecule has 2 heterocycles. The van der Waals surface area contributed by atoms with Crippen molar-refractivity contribution >= 4 is 18.5 Å². The number of ether oxygens (including phenoxy) is 1. The third-order valence-electron chi connectivity index (χ3n) is 3.30. The van der Waals surface area contributed by atoms with Gasteiger partial charge < -0.3 is 10.1 Å². The second-order valence-corrected chi connectivity index (χ2v) is 4.43. The molecule has 0 saturated carbocycles. The number of nitrogens with one attached hydrogen (secondary N) is 1. The summed E-state index contributed by atoms with van der Waals surface area (Å²) in [5.41, 5.74) is 0.667. The van der Waals surface area contributed by atoms with Crippen LogP contribution in [0.2, 0.25) is 0 Å². The molecule has 0 aliphatic carbocycles. The number of halogens is 2. The molecule has 92 valence electrons. The van der Waals surface area contributed by atoms with Gasteiger partial charge in [0.1, 0.15) is 17.2 Å². The van der Waals surface area contributed by atoms with Crippen LogP contribution in [-0.2, 0) is 0 Å². The molecule has 0 aromatic heterocycles. The lowest BCUT2D eigenvalue weighted by atomic mass is 9.89. The van der Waals surface area contributed by atoms with E-state index in [4.69, 9.17) is 4.74 Å². The van der Waals surface area contributed by atoms with E-state index < -0.39 is 0 Å². The fourth-order valence-electron chi connectivity index (χ4n) is 2.36. The standard InChI is InChI=1S/C13H14FNO.ClH/c14-11-1-2-12-10(9-11)3-4-13(16-12)5-7-15-8-6-13;/h1-4,9,15H,5-8H2;1H. The highest BCUT2D eigenvalue weighted by atomic mass is 35.5. The van der Waals surface area contributed by atoms with Gasteiger partial charge in [-0.3, -0.25) is 0 Å². The molecule has 1 aromatic carbocycles. The molecule has 2 aliphatic rings. The number of hydrogen-bond acceptors (Lipinski definition) is 2. The molecule has 1 saturated heterocycles. The van der Waals surface area contributed by atoms with Crippen LogP contribution in [0.3, 0.4) is 0 Å². The SMILES string of the molecule is Cl.Fc1ccc2c(c1)C=CC1(CCNCC1)O2. The zero-order chi connectivity index (χ0) is 11.0. The van der Waals surface area contributed by atoms with Crippen molar-refractivity contribution in [1.82, 2.24) is 5.32 Å². The molecule has 0 unspecified atom stereocenters. The summed E-state index contributed by atoms with van der Waals surface area (Å²) in [5, 5.41) is 3.32. The number of fused-ring (bicyclic) bond motifs is 1. The molecule has 2 nitrogen and oxygen atoms in total. The molecule has 1 aromatic rings. The van der Waals surface area contributed by atoms with Gasteiger partial charge in [0.15, 0.2) is 0 Å². The molecule has 0 atom stereocenters. The van der Waals surface area contributed by atoms with E-state index in [1.165, 1.54) is 12.1 Å². The molecule has 0 radical (unpaired) electrons. The lowest BCUT2D eigenvalue weighted by Crippen LogP contribution is -2.45. The lowest BCUT2D eigenvalue weighted by Gasteiger charge is -2.38. The number of rotatable bonds is 0. The van der Waals surface area contributed by atoms with E-state index in [9.17, 15) is 4.39 Å². The first-order chi connectivity index (χ1) is 7.77. The number of piperidine rings is 1. The minimum absolute atomic E-state index is 0. The highest BCUT2D eigenvalue weighted by Crippen LogP contribution is 2.35. The first-order valence-corrected chi connectivity index (χ1v) is 5.66. The molecule has 17 heavy (non-hydrogen) atoms. The average molecular weight is 256 g/mol. The van der Waals surface area contributed by atoms with Gasteiger partial charge in [0, 0.05) is 18.4 Å². The van der Waals surface area contributed by atoms with E-state index in [0.717, 1.165) is 37.2 Å². The minimum Gasteiger partial charge on any atom is -0.482 e. The van der Waals surface area contributed by atoms with Crippen molar-refractivity contribution < 1.29 is 9.13 Å². The first kappa shape index (κ1) is 12.4. The molecule has 3 rings (SSSR count). The van der Waals surface area contributed by atoms with E-state index in [1.807, 2.05) is 6.08 Å². The summed E-state index contributed by atoms with van der Waals surface area (Å²) in [6.45, 7) is 1.95. The molecule has 1 spiro atoms. The number of benzene rings is 1. The molecule has 1 N–H and O–H groups in total. The summed E-state index contributed by atoms with van der Waals surface area (Å²) in [6, 6.07) is 4.69. The summed E-state index contributed by atoms with van der Waals surface area (Å²) in [5.74, 6) is 0.582. The summed E-state index contributed by atoms with van der Waals surface area (Å²) in [7, 11) is 0. The zero-order valence-electron chi connectivity index (χ0n) is 9.41. The highest BCUT2D eigenvalue weighted by Gasteiger charge is 2.34. The van der Waals surface area contributed by atoms with Gasteiger partial charge >= 0.3 is 0 Å². The van der Waals surface area contributed by atoms with E-state index in [1.54, 1.807) is 6.07 Å². The summed E-state index contributed by atoms with van der Waals surface area (Å²) in [6.07, 6.45) is 6.00. The predicted molar refractivity (Wildman–Crippen MR) is 68.1 cm³/mol. The van der Waals surface area contributed by atoms with Crippen molar-refractivity contribution in [3.05, 3.63) is 35.7 Å². The Morgan fingerprint density at radius 3 is 2.76 bits per heavy atom. The Morgan fingerprint density at radius 1 is 1.24 bits per heavy atom. The van der Waals surface area contributed by atoms with Gasteiger partial charge in [0.05, 0.1) is 0 Å². The van der Waals surface area contributed by atoms with E-state index in [2.05, 4.69) is 11.4 Å². The van der Waals surface area contributed by atoms with E-state index >= 15 is 0 Å². The van der Waals surface area contributed by atoms with Crippen LogP contribution in [0.25, 0.3) is 6.08 Å². The van der Waals surface area contributed by atoms with Gasteiger partial charge in [0.2, 0.25) is 0 Å². The van der Waals surface area contributed by atoms with Crippen LogP contribution >= 0.6 is 12.4 Å². The van der Waals surface area contributed by atoms with E-state index in [-0.39, 0.29) is 23.8 Å². The zero-order valence-corrected chi connectivity index (χ0v) is 10.2. The fraction of sp³-hybridized carbons (Fsp3) is 0.385. The van der Waals surface area contributed by atoms with Gasteiger partial charge in [-0.05, 0) is 37.4 Å². The largest absolute Gasteiger partial charge is 0.482 e. The van der Waals surface area contributed by atoms with Crippen LogP contribution in [-0.4, -0.2) is 18.7 Å². The van der Waals surface area contributed by atoms with Crippen molar-refractivity contribution in [1.29, 1.82) is 0 Å². The van der Waals surface area contributed by atoms with Crippen LogP contribution in [0.15, 0.2) is 24.3 Å². The van der Waals surface area contributed by atoms with Crippen molar-refractivity contribution in [2.75, 3.05) is 13.1 Å². The maximum Gasteiger partial charge on any atom is 0.130 e. The van der Waals surface area contributed by atoms with Crippen LogP contribution in [0.4, 0.5) is 4.39 Å². The van der Waals surface area contributed by atoms with Crippen LogP contribution in [0.1, 0.15) is 18.4 Å². The summed E-state index contributed by atoms with van der Waals surface area (Å²) >= 11 is 0. The molecule has 0 amide bonds. The molecule has 4 heteroatoms. The molecular formula is C13H15ClFNO. The summed E-state index contributed by atoms with van der Waals surface area (Å²) in [4.78, 5) is 0. The maximum atomic E-state index is 13.0. The summed E-state index contributed by atoms with van der Waals surface area (Å²) < 4.78 is 19.1. The predicted octanol–water partition coefficient (Wildman–Crippen LogP) is 2.78. The lowest BCUT2D eigenvalue weighted by molar-refractivity contribution is 0.0822. The van der Waals surface area contributed by atoms with Crippen molar-refractivity contribution in [2.45, 2.75) is 18.4 Å². The Balaban J connectivity index is 0.00000108. The van der Waals surface area contributed by atoms with Crippen LogP contribution < -0.4 is 10.1 Å². The Bertz CT molecular complexity index is 441. The fourth-order valence-corrected chi connectivity index (χ4v) is 2.36. The second-order valence-electron chi connectivity index (χ2n) is 4.43. The molecule has 0 bridgehead atoms. The van der Waals surface area contributed by atoms with Crippen molar-refractivity contribution in [3.8, 4) is 5.75 Å². The third-order valence-corrected chi connectivity index (χ3v) is 3.30. The molecule has 1 fully saturated rings. The van der Waals surface area contributed by atoms with Crippen molar-refractivity contribution in [3.63, 3.8) is 0 Å². The van der Waals surface area contributed by atoms with E-state index in [0.29, 0.717) is 0 Å².